The van der Waals surface area contributed by atoms with Crippen molar-refractivity contribution in [1.82, 2.24) is 0 Å². The fourth-order valence-electron chi connectivity index (χ4n) is 1.93. The van der Waals surface area contributed by atoms with Crippen molar-refractivity contribution >= 4 is 5.78 Å². The third-order valence-corrected chi connectivity index (χ3v) is 3.14. The number of ketones is 1. The van der Waals surface area contributed by atoms with Crippen molar-refractivity contribution < 1.29 is 4.79 Å². The zero-order valence-electron chi connectivity index (χ0n) is 13.2. The van der Waals surface area contributed by atoms with Crippen molar-refractivity contribution in [2.75, 3.05) is 0 Å². The Morgan fingerprint density at radius 2 is 1.53 bits per heavy atom. The molecule has 0 aromatic carbocycles. The van der Waals surface area contributed by atoms with Gasteiger partial charge in [-0.15, -0.1) is 0 Å². The summed E-state index contributed by atoms with van der Waals surface area (Å²) >= 11 is 0. The van der Waals surface area contributed by atoms with Crippen LogP contribution < -0.4 is 0 Å². The first-order valence-corrected chi connectivity index (χ1v) is 7.37. The van der Waals surface area contributed by atoms with Crippen molar-refractivity contribution in [1.29, 1.82) is 0 Å². The molecule has 0 aromatic heterocycles. The first kappa shape index (κ1) is 17.9. The van der Waals surface area contributed by atoms with Gasteiger partial charge in [0.05, 0.1) is 0 Å². The summed E-state index contributed by atoms with van der Waals surface area (Å²) in [6.45, 7) is 12.2. The van der Waals surface area contributed by atoms with E-state index in [0.717, 1.165) is 38.5 Å². The van der Waals surface area contributed by atoms with E-state index in [2.05, 4.69) is 39.5 Å². The van der Waals surface area contributed by atoms with E-state index in [1.165, 1.54) is 16.7 Å². The molecule has 0 rings (SSSR count). The van der Waals surface area contributed by atoms with Crippen LogP contribution in [0.15, 0.2) is 35.5 Å². The molecule has 1 heteroatoms. The minimum atomic E-state index is 0.280. The SMILES string of the molecule is C=C(CCC=C(C)CCC=C(C)C)CCCC(C)=O. The fourth-order valence-corrected chi connectivity index (χ4v) is 1.93. The van der Waals surface area contributed by atoms with E-state index in [1.807, 2.05) is 0 Å². The van der Waals surface area contributed by atoms with E-state index < -0.39 is 0 Å². The Labute approximate surface area is 119 Å². The maximum Gasteiger partial charge on any atom is 0.129 e. The highest BCUT2D eigenvalue weighted by atomic mass is 16.1. The van der Waals surface area contributed by atoms with Crippen LogP contribution in [-0.4, -0.2) is 5.78 Å². The van der Waals surface area contributed by atoms with Gasteiger partial charge in [-0.1, -0.05) is 35.5 Å². The molecule has 1 nitrogen and oxygen atoms in total. The van der Waals surface area contributed by atoms with Gasteiger partial charge < -0.3 is 4.79 Å². The van der Waals surface area contributed by atoms with Crippen LogP contribution in [0.3, 0.4) is 0 Å². The van der Waals surface area contributed by atoms with Crippen molar-refractivity contribution in [3.63, 3.8) is 0 Å². The Kier molecular flexibility index (Phi) is 10.1. The molecule has 0 fully saturated rings. The van der Waals surface area contributed by atoms with E-state index in [-0.39, 0.29) is 5.78 Å². The average molecular weight is 262 g/mol. The number of hydrogen-bond acceptors (Lipinski definition) is 1. The average Bonchev–Trinajstić information content (AvgIpc) is 2.27. The van der Waals surface area contributed by atoms with E-state index >= 15 is 0 Å². The highest BCUT2D eigenvalue weighted by molar-refractivity contribution is 5.75. The predicted molar refractivity (Wildman–Crippen MR) is 85.3 cm³/mol. The lowest BCUT2D eigenvalue weighted by molar-refractivity contribution is -0.117. The van der Waals surface area contributed by atoms with Gasteiger partial charge in [0.25, 0.3) is 0 Å². The van der Waals surface area contributed by atoms with Crippen molar-refractivity contribution in [2.24, 2.45) is 0 Å². The van der Waals surface area contributed by atoms with E-state index in [1.54, 1.807) is 6.92 Å². The molecule has 0 aliphatic heterocycles. The highest BCUT2D eigenvalue weighted by Crippen LogP contribution is 2.14. The molecule has 108 valence electrons. The van der Waals surface area contributed by atoms with E-state index in [0.29, 0.717) is 6.42 Å². The third kappa shape index (κ3) is 13.1. The second kappa shape index (κ2) is 10.8. The Morgan fingerprint density at radius 3 is 2.11 bits per heavy atom. The van der Waals surface area contributed by atoms with Crippen molar-refractivity contribution in [3.05, 3.63) is 35.5 Å². The smallest absolute Gasteiger partial charge is 0.129 e. The van der Waals surface area contributed by atoms with Crippen LogP contribution in [0.4, 0.5) is 0 Å². The van der Waals surface area contributed by atoms with Gasteiger partial charge in [-0.25, -0.2) is 0 Å². The largest absolute Gasteiger partial charge is 0.300 e. The number of carbonyl (C=O) groups is 1. The number of rotatable bonds is 10. The van der Waals surface area contributed by atoms with Crippen LogP contribution in [0.1, 0.15) is 72.6 Å². The summed E-state index contributed by atoms with van der Waals surface area (Å²) in [4.78, 5) is 10.8. The van der Waals surface area contributed by atoms with Crippen molar-refractivity contribution in [3.8, 4) is 0 Å². The molecule has 0 saturated heterocycles. The van der Waals surface area contributed by atoms with Gasteiger partial charge in [-0.05, 0) is 66.2 Å². The minimum absolute atomic E-state index is 0.280. The lowest BCUT2D eigenvalue weighted by Crippen LogP contribution is -1.90. The quantitative estimate of drug-likeness (QED) is 0.456. The molecule has 0 spiro atoms. The van der Waals surface area contributed by atoms with Crippen molar-refractivity contribution in [2.45, 2.75) is 72.6 Å². The zero-order chi connectivity index (χ0) is 14.7. The summed E-state index contributed by atoms with van der Waals surface area (Å²) in [6.07, 6.45) is 11.7. The molecule has 19 heavy (non-hydrogen) atoms. The summed E-state index contributed by atoms with van der Waals surface area (Å²) in [5.74, 6) is 0.280. The molecule has 0 aromatic rings. The Morgan fingerprint density at radius 1 is 0.895 bits per heavy atom. The molecule has 0 saturated carbocycles. The normalized spacial score (nSPS) is 11.3. The Hall–Kier alpha value is -1.11. The zero-order valence-corrected chi connectivity index (χ0v) is 13.2. The predicted octanol–water partition coefficient (Wildman–Crippen LogP) is 5.77. The highest BCUT2D eigenvalue weighted by Gasteiger charge is 1.97. The van der Waals surface area contributed by atoms with Gasteiger partial charge in [0.2, 0.25) is 0 Å². The monoisotopic (exact) mass is 262 g/mol. The van der Waals surface area contributed by atoms with Gasteiger partial charge >= 0.3 is 0 Å². The number of hydrogen-bond donors (Lipinski definition) is 0. The molecule has 0 unspecified atom stereocenters. The van der Waals surface area contributed by atoms with Crippen LogP contribution in [0.2, 0.25) is 0 Å². The van der Waals surface area contributed by atoms with Gasteiger partial charge in [-0.3, -0.25) is 0 Å². The second-order valence-electron chi connectivity index (χ2n) is 5.71. The number of allylic oxidation sites excluding steroid dienone is 5. The Bertz CT molecular complexity index is 341. The standard InChI is InChI=1S/C18H30O/c1-15(2)9-6-10-16(3)11-7-12-17(4)13-8-14-18(5)19/h9,11H,4,6-8,10,12-14H2,1-3,5H3. The third-order valence-electron chi connectivity index (χ3n) is 3.14. The van der Waals surface area contributed by atoms with Crippen LogP contribution in [-0.2, 0) is 4.79 Å². The van der Waals surface area contributed by atoms with Crippen LogP contribution in [0, 0.1) is 0 Å². The molecular formula is C18H30O. The van der Waals surface area contributed by atoms with Gasteiger partial charge in [0.1, 0.15) is 5.78 Å². The topological polar surface area (TPSA) is 17.1 Å². The minimum Gasteiger partial charge on any atom is -0.300 e. The molecule has 0 radical (unpaired) electrons. The lowest BCUT2D eigenvalue weighted by atomic mass is 10.0. The van der Waals surface area contributed by atoms with E-state index in [9.17, 15) is 4.79 Å². The summed E-state index contributed by atoms with van der Waals surface area (Å²) in [7, 11) is 0. The van der Waals surface area contributed by atoms with E-state index in [4.69, 9.17) is 0 Å². The Balaban J connectivity index is 3.72. The molecular weight excluding hydrogens is 232 g/mol. The number of carbonyl (C=O) groups excluding carboxylic acids is 1. The van der Waals surface area contributed by atoms with Crippen LogP contribution in [0.5, 0.6) is 0 Å². The summed E-state index contributed by atoms with van der Waals surface area (Å²) in [5.41, 5.74) is 4.13. The molecule has 0 aliphatic rings. The molecule has 0 aliphatic carbocycles. The lowest BCUT2D eigenvalue weighted by Gasteiger charge is -2.04. The van der Waals surface area contributed by atoms with Gasteiger partial charge in [0, 0.05) is 6.42 Å². The summed E-state index contributed by atoms with van der Waals surface area (Å²) in [6, 6.07) is 0. The van der Waals surface area contributed by atoms with Gasteiger partial charge in [-0.2, -0.15) is 0 Å². The van der Waals surface area contributed by atoms with Crippen LogP contribution >= 0.6 is 0 Å². The first-order chi connectivity index (χ1) is 8.91. The van der Waals surface area contributed by atoms with Gasteiger partial charge in [0.15, 0.2) is 0 Å². The summed E-state index contributed by atoms with van der Waals surface area (Å²) in [5, 5.41) is 0. The molecule has 0 heterocycles. The maximum absolute atomic E-state index is 10.8. The molecule has 0 bridgehead atoms. The maximum atomic E-state index is 10.8. The molecule has 0 N–H and O–H groups in total. The fraction of sp³-hybridized carbons (Fsp3) is 0.611. The molecule has 0 amide bonds. The molecule has 0 atom stereocenters. The van der Waals surface area contributed by atoms with Crippen LogP contribution in [0.25, 0.3) is 0 Å². The first-order valence-electron chi connectivity index (χ1n) is 7.37. The second-order valence-corrected chi connectivity index (χ2v) is 5.71. The summed E-state index contributed by atoms with van der Waals surface area (Å²) < 4.78 is 0. The number of Topliss-reactive ketones (excluding diaryl/α,β-unsaturated/α-hetero) is 1.